The predicted molar refractivity (Wildman–Crippen MR) is 78.9 cm³/mol. The summed E-state index contributed by atoms with van der Waals surface area (Å²) in [5, 5.41) is 2.54. The minimum absolute atomic E-state index is 0.649. The molecule has 0 radical (unpaired) electrons. The van der Waals surface area contributed by atoms with E-state index in [1.807, 2.05) is 18.2 Å². The second-order valence-electron chi connectivity index (χ2n) is 4.62. The van der Waals surface area contributed by atoms with Crippen molar-refractivity contribution in [3.05, 3.63) is 83.9 Å². The van der Waals surface area contributed by atoms with Crippen LogP contribution in [0.3, 0.4) is 0 Å². The first-order valence-electron chi connectivity index (χ1n) is 6.52. The van der Waals surface area contributed by atoms with Crippen molar-refractivity contribution in [2.24, 2.45) is 0 Å². The quantitative estimate of drug-likeness (QED) is 0.658. The van der Waals surface area contributed by atoms with Crippen LogP contribution in [0.5, 0.6) is 0 Å². The van der Waals surface area contributed by atoms with Gasteiger partial charge in [0, 0.05) is 0 Å². The molecule has 0 aromatic heterocycles. The highest BCUT2D eigenvalue weighted by Crippen LogP contribution is 2.19. The molecule has 0 aliphatic heterocycles. The summed E-state index contributed by atoms with van der Waals surface area (Å²) in [7, 11) is 0. The first kappa shape index (κ1) is 11.9. The molecule has 1 nitrogen and oxygen atoms in total. The zero-order valence-corrected chi connectivity index (χ0v) is 10.8. The molecule has 0 fully saturated rings. The van der Waals surface area contributed by atoms with Crippen LogP contribution >= 0.6 is 0 Å². The molecule has 3 aromatic carbocycles. The largest absolute Gasteiger partial charge is 0.372 e. The van der Waals surface area contributed by atoms with Gasteiger partial charge in [0.15, 0.2) is 0 Å². The van der Waals surface area contributed by atoms with E-state index in [0.717, 1.165) is 0 Å². The Morgan fingerprint density at radius 1 is 0.632 bits per heavy atom. The summed E-state index contributed by atoms with van der Waals surface area (Å²) in [6.45, 7) is 1.31. The Kier molecular flexibility index (Phi) is 3.57. The molecule has 0 unspecified atom stereocenters. The molecule has 0 atom stereocenters. The molecule has 0 spiro atoms. The van der Waals surface area contributed by atoms with Gasteiger partial charge in [0.05, 0.1) is 13.2 Å². The van der Waals surface area contributed by atoms with Gasteiger partial charge in [0.2, 0.25) is 0 Å². The van der Waals surface area contributed by atoms with E-state index in [1.54, 1.807) is 0 Å². The summed E-state index contributed by atoms with van der Waals surface area (Å²) >= 11 is 0. The lowest BCUT2D eigenvalue weighted by Crippen LogP contribution is -1.94. The maximum Gasteiger partial charge on any atom is 0.0727 e. The second-order valence-corrected chi connectivity index (χ2v) is 4.62. The Balaban J connectivity index is 1.72. The molecule has 3 aromatic rings. The van der Waals surface area contributed by atoms with Gasteiger partial charge in [0.25, 0.3) is 0 Å². The van der Waals surface area contributed by atoms with E-state index in [4.69, 9.17) is 4.74 Å². The highest BCUT2D eigenvalue weighted by molar-refractivity contribution is 5.85. The van der Waals surface area contributed by atoms with Crippen LogP contribution in [0, 0.1) is 0 Å². The summed E-state index contributed by atoms with van der Waals surface area (Å²) in [4.78, 5) is 0. The number of rotatable bonds is 4. The third kappa shape index (κ3) is 2.83. The summed E-state index contributed by atoms with van der Waals surface area (Å²) in [6.07, 6.45) is 0. The lowest BCUT2D eigenvalue weighted by atomic mass is 10.1. The van der Waals surface area contributed by atoms with Gasteiger partial charge in [-0.15, -0.1) is 0 Å². The number of hydrogen-bond donors (Lipinski definition) is 0. The topological polar surface area (TPSA) is 9.23 Å². The normalized spacial score (nSPS) is 10.7. The van der Waals surface area contributed by atoms with Crippen molar-refractivity contribution in [2.75, 3.05) is 0 Å². The number of benzene rings is 3. The molecule has 0 N–H and O–H groups in total. The summed E-state index contributed by atoms with van der Waals surface area (Å²) in [6, 6.07) is 25.0. The van der Waals surface area contributed by atoms with Crippen molar-refractivity contribution < 1.29 is 4.74 Å². The molecule has 0 bridgehead atoms. The minimum atomic E-state index is 0.649. The van der Waals surface area contributed by atoms with E-state index < -0.39 is 0 Å². The lowest BCUT2D eigenvalue weighted by Gasteiger charge is -2.08. The number of hydrogen-bond acceptors (Lipinski definition) is 1. The maximum absolute atomic E-state index is 5.81. The molecule has 19 heavy (non-hydrogen) atoms. The molecule has 0 aliphatic carbocycles. The third-order valence-electron chi connectivity index (χ3n) is 3.25. The fourth-order valence-corrected chi connectivity index (χ4v) is 2.27. The zero-order valence-electron chi connectivity index (χ0n) is 10.8. The number of ether oxygens (including phenoxy) is 1. The fourth-order valence-electron chi connectivity index (χ4n) is 2.27. The van der Waals surface area contributed by atoms with Crippen molar-refractivity contribution in [1.29, 1.82) is 0 Å². The van der Waals surface area contributed by atoms with Gasteiger partial charge in [-0.2, -0.15) is 0 Å². The maximum atomic E-state index is 5.81. The van der Waals surface area contributed by atoms with Crippen LogP contribution in [0.25, 0.3) is 10.8 Å². The Morgan fingerprint density at radius 2 is 1.37 bits per heavy atom. The summed E-state index contributed by atoms with van der Waals surface area (Å²) in [5.41, 5.74) is 2.46. The first-order valence-corrected chi connectivity index (χ1v) is 6.52. The molecule has 0 heterocycles. The van der Waals surface area contributed by atoms with E-state index >= 15 is 0 Å². The SMILES string of the molecule is c1ccc(COCc2cccc3ccccc23)cc1. The zero-order chi connectivity index (χ0) is 12.9. The van der Waals surface area contributed by atoms with Crippen LogP contribution in [0.1, 0.15) is 11.1 Å². The van der Waals surface area contributed by atoms with Crippen LogP contribution in [-0.2, 0) is 18.0 Å². The van der Waals surface area contributed by atoms with E-state index in [0.29, 0.717) is 13.2 Å². The smallest absolute Gasteiger partial charge is 0.0727 e. The van der Waals surface area contributed by atoms with Crippen molar-refractivity contribution in [1.82, 2.24) is 0 Å². The van der Waals surface area contributed by atoms with Gasteiger partial charge in [0.1, 0.15) is 0 Å². The average molecular weight is 248 g/mol. The molecule has 0 saturated carbocycles. The van der Waals surface area contributed by atoms with Gasteiger partial charge >= 0.3 is 0 Å². The van der Waals surface area contributed by atoms with E-state index in [9.17, 15) is 0 Å². The fraction of sp³-hybridized carbons (Fsp3) is 0.111. The Morgan fingerprint density at radius 3 is 2.26 bits per heavy atom. The molecule has 3 rings (SSSR count). The lowest BCUT2D eigenvalue weighted by molar-refractivity contribution is 0.108. The van der Waals surface area contributed by atoms with Gasteiger partial charge in [-0.1, -0.05) is 72.8 Å². The monoisotopic (exact) mass is 248 g/mol. The first-order chi connectivity index (χ1) is 9.43. The molecular formula is C18H16O. The van der Waals surface area contributed by atoms with E-state index in [1.165, 1.54) is 21.9 Å². The van der Waals surface area contributed by atoms with Crippen LogP contribution in [0.15, 0.2) is 72.8 Å². The summed E-state index contributed by atoms with van der Waals surface area (Å²) < 4.78 is 5.81. The van der Waals surface area contributed by atoms with Gasteiger partial charge in [-0.05, 0) is 21.9 Å². The van der Waals surface area contributed by atoms with Gasteiger partial charge in [-0.25, -0.2) is 0 Å². The van der Waals surface area contributed by atoms with Crippen molar-refractivity contribution in [3.63, 3.8) is 0 Å². The van der Waals surface area contributed by atoms with Crippen LogP contribution in [0.4, 0.5) is 0 Å². The van der Waals surface area contributed by atoms with E-state index in [2.05, 4.69) is 54.6 Å². The Hall–Kier alpha value is -2.12. The molecule has 94 valence electrons. The van der Waals surface area contributed by atoms with Crippen molar-refractivity contribution in [3.8, 4) is 0 Å². The Labute approximate surface area is 113 Å². The average Bonchev–Trinajstić information content (AvgIpc) is 2.49. The molecule has 0 amide bonds. The van der Waals surface area contributed by atoms with Crippen LogP contribution in [0.2, 0.25) is 0 Å². The second kappa shape index (κ2) is 5.68. The third-order valence-corrected chi connectivity index (χ3v) is 3.25. The molecular weight excluding hydrogens is 232 g/mol. The highest BCUT2D eigenvalue weighted by atomic mass is 16.5. The molecule has 0 saturated heterocycles. The highest BCUT2D eigenvalue weighted by Gasteiger charge is 2.00. The van der Waals surface area contributed by atoms with E-state index in [-0.39, 0.29) is 0 Å². The summed E-state index contributed by atoms with van der Waals surface area (Å²) in [5.74, 6) is 0. The van der Waals surface area contributed by atoms with Crippen LogP contribution < -0.4 is 0 Å². The van der Waals surface area contributed by atoms with Gasteiger partial charge < -0.3 is 4.74 Å². The molecule has 1 heteroatoms. The van der Waals surface area contributed by atoms with Crippen molar-refractivity contribution in [2.45, 2.75) is 13.2 Å². The van der Waals surface area contributed by atoms with Crippen molar-refractivity contribution >= 4 is 10.8 Å². The standard InChI is InChI=1S/C18H16O/c1-2-7-15(8-3-1)13-19-14-17-11-6-10-16-9-4-5-12-18(16)17/h1-12H,13-14H2. The minimum Gasteiger partial charge on any atom is -0.372 e. The predicted octanol–water partition coefficient (Wildman–Crippen LogP) is 4.56. The Bertz CT molecular complexity index is 653. The van der Waals surface area contributed by atoms with Gasteiger partial charge in [-0.3, -0.25) is 0 Å². The number of fused-ring (bicyclic) bond motifs is 1. The molecule has 0 aliphatic rings. The van der Waals surface area contributed by atoms with Crippen LogP contribution in [-0.4, -0.2) is 0 Å².